The van der Waals surface area contributed by atoms with Crippen molar-refractivity contribution in [3.8, 4) is 0 Å². The molecule has 2 aromatic rings. The molecule has 23 heavy (non-hydrogen) atoms. The van der Waals surface area contributed by atoms with Crippen molar-refractivity contribution in [3.05, 3.63) is 70.7 Å². The van der Waals surface area contributed by atoms with Crippen molar-refractivity contribution in [2.24, 2.45) is 4.99 Å². The van der Waals surface area contributed by atoms with Gasteiger partial charge in [-0.25, -0.2) is 0 Å². The minimum atomic E-state index is 0.249. The number of benzene rings is 2. The summed E-state index contributed by atoms with van der Waals surface area (Å²) in [5.41, 5.74) is 2.62. The quantitative estimate of drug-likeness (QED) is 0.901. The van der Waals surface area contributed by atoms with E-state index in [0.717, 1.165) is 36.9 Å². The van der Waals surface area contributed by atoms with Crippen LogP contribution in [0.25, 0.3) is 0 Å². The van der Waals surface area contributed by atoms with Gasteiger partial charge >= 0.3 is 0 Å². The van der Waals surface area contributed by atoms with Gasteiger partial charge in [-0.3, -0.25) is 4.99 Å². The van der Waals surface area contributed by atoms with E-state index in [0.29, 0.717) is 0 Å². The van der Waals surface area contributed by atoms with Crippen molar-refractivity contribution in [1.29, 1.82) is 0 Å². The van der Waals surface area contributed by atoms with Gasteiger partial charge in [0.1, 0.15) is 0 Å². The van der Waals surface area contributed by atoms with Gasteiger partial charge in [0, 0.05) is 18.6 Å². The summed E-state index contributed by atoms with van der Waals surface area (Å²) in [6, 6.07) is 18.9. The molecule has 3 rings (SSSR count). The Balaban J connectivity index is 1.47. The van der Waals surface area contributed by atoms with Gasteiger partial charge in [-0.2, -0.15) is 0 Å². The summed E-state index contributed by atoms with van der Waals surface area (Å²) in [6.07, 6.45) is 2.21. The minimum absolute atomic E-state index is 0.249. The summed E-state index contributed by atoms with van der Waals surface area (Å²) >= 11 is 5.95. The van der Waals surface area contributed by atoms with Gasteiger partial charge in [0.2, 0.25) is 0 Å². The standard InChI is InChI=1S/C19H22ClN3/c1-23(13-5-8-15-6-3-2-4-7-15)19-21-14-18(22-19)16-9-11-17(20)12-10-16/h2-4,6-7,9-12,18H,5,8,13-14H2,1H3,(H,21,22). The Hall–Kier alpha value is -2.00. The number of guanidine groups is 1. The molecular formula is C19H22ClN3. The predicted molar refractivity (Wildman–Crippen MR) is 97.0 cm³/mol. The smallest absolute Gasteiger partial charge is 0.194 e. The summed E-state index contributed by atoms with van der Waals surface area (Å²) in [5.74, 6) is 0.984. The first-order valence-electron chi connectivity index (χ1n) is 8.04. The zero-order valence-electron chi connectivity index (χ0n) is 13.4. The summed E-state index contributed by atoms with van der Waals surface area (Å²) in [4.78, 5) is 6.85. The van der Waals surface area contributed by atoms with E-state index in [4.69, 9.17) is 11.6 Å². The number of rotatable bonds is 5. The fourth-order valence-corrected chi connectivity index (χ4v) is 2.94. The van der Waals surface area contributed by atoms with E-state index >= 15 is 0 Å². The van der Waals surface area contributed by atoms with E-state index in [1.165, 1.54) is 11.1 Å². The Morgan fingerprint density at radius 3 is 2.61 bits per heavy atom. The van der Waals surface area contributed by atoms with E-state index < -0.39 is 0 Å². The molecule has 1 aliphatic rings. The molecule has 0 saturated heterocycles. The van der Waals surface area contributed by atoms with Crippen LogP contribution < -0.4 is 5.32 Å². The van der Waals surface area contributed by atoms with Crippen LogP contribution >= 0.6 is 11.6 Å². The van der Waals surface area contributed by atoms with Crippen molar-refractivity contribution in [2.75, 3.05) is 20.1 Å². The Kier molecular flexibility index (Phi) is 5.19. The van der Waals surface area contributed by atoms with Crippen LogP contribution in [0.3, 0.4) is 0 Å². The number of hydrogen-bond acceptors (Lipinski definition) is 3. The van der Waals surface area contributed by atoms with Crippen LogP contribution in [0.2, 0.25) is 5.02 Å². The summed E-state index contributed by atoms with van der Waals surface area (Å²) in [6.45, 7) is 1.77. The monoisotopic (exact) mass is 327 g/mol. The lowest BCUT2D eigenvalue weighted by Crippen LogP contribution is -2.37. The lowest BCUT2D eigenvalue weighted by molar-refractivity contribution is 0.471. The minimum Gasteiger partial charge on any atom is -0.348 e. The molecule has 0 fully saturated rings. The second-order valence-electron chi connectivity index (χ2n) is 5.92. The number of aliphatic imine (C=N–C) groups is 1. The molecule has 120 valence electrons. The number of aryl methyl sites for hydroxylation is 1. The van der Waals surface area contributed by atoms with Crippen LogP contribution in [0.5, 0.6) is 0 Å². The van der Waals surface area contributed by atoms with Crippen molar-refractivity contribution >= 4 is 17.6 Å². The third kappa shape index (κ3) is 4.26. The first kappa shape index (κ1) is 15.9. The lowest BCUT2D eigenvalue weighted by atomic mass is 10.1. The Morgan fingerprint density at radius 1 is 1.13 bits per heavy atom. The zero-order chi connectivity index (χ0) is 16.1. The molecule has 2 aromatic carbocycles. The molecule has 0 bridgehead atoms. The first-order valence-corrected chi connectivity index (χ1v) is 8.42. The van der Waals surface area contributed by atoms with Crippen LogP contribution in [0.15, 0.2) is 59.6 Å². The fourth-order valence-electron chi connectivity index (χ4n) is 2.81. The predicted octanol–water partition coefficient (Wildman–Crippen LogP) is 3.90. The van der Waals surface area contributed by atoms with Crippen LogP contribution in [-0.2, 0) is 6.42 Å². The molecule has 1 heterocycles. The van der Waals surface area contributed by atoms with Gasteiger partial charge < -0.3 is 10.2 Å². The molecule has 1 atom stereocenters. The van der Waals surface area contributed by atoms with E-state index in [-0.39, 0.29) is 6.04 Å². The Bertz CT molecular complexity index is 652. The molecule has 4 heteroatoms. The van der Waals surface area contributed by atoms with Gasteiger partial charge in [0.05, 0.1) is 12.6 Å². The molecule has 0 aliphatic carbocycles. The van der Waals surface area contributed by atoms with E-state index in [9.17, 15) is 0 Å². The van der Waals surface area contributed by atoms with Crippen molar-refractivity contribution in [2.45, 2.75) is 18.9 Å². The zero-order valence-corrected chi connectivity index (χ0v) is 14.1. The van der Waals surface area contributed by atoms with E-state index in [1.54, 1.807) is 0 Å². The van der Waals surface area contributed by atoms with Crippen molar-refractivity contribution in [3.63, 3.8) is 0 Å². The highest BCUT2D eigenvalue weighted by atomic mass is 35.5. The average molecular weight is 328 g/mol. The maximum absolute atomic E-state index is 5.95. The number of nitrogens with one attached hydrogen (secondary N) is 1. The highest BCUT2D eigenvalue weighted by Gasteiger charge is 2.21. The van der Waals surface area contributed by atoms with Crippen molar-refractivity contribution in [1.82, 2.24) is 10.2 Å². The molecule has 0 amide bonds. The van der Waals surface area contributed by atoms with E-state index in [2.05, 4.69) is 64.7 Å². The molecule has 1 N–H and O–H groups in total. The lowest BCUT2D eigenvalue weighted by Gasteiger charge is -2.21. The van der Waals surface area contributed by atoms with Crippen LogP contribution in [0, 0.1) is 0 Å². The third-order valence-corrected chi connectivity index (χ3v) is 4.41. The van der Waals surface area contributed by atoms with Gasteiger partial charge in [-0.05, 0) is 36.1 Å². The first-order chi connectivity index (χ1) is 11.2. The Labute approximate surface area is 143 Å². The number of nitrogens with zero attached hydrogens (tertiary/aromatic N) is 2. The maximum Gasteiger partial charge on any atom is 0.194 e. The molecule has 1 aliphatic heterocycles. The summed E-state index contributed by atoms with van der Waals surface area (Å²) in [5, 5.41) is 4.28. The fraction of sp³-hybridized carbons (Fsp3) is 0.316. The molecule has 0 radical (unpaired) electrons. The second-order valence-corrected chi connectivity index (χ2v) is 6.36. The number of hydrogen-bond donors (Lipinski definition) is 1. The molecular weight excluding hydrogens is 306 g/mol. The highest BCUT2D eigenvalue weighted by Crippen LogP contribution is 2.20. The molecule has 0 saturated carbocycles. The largest absolute Gasteiger partial charge is 0.348 e. The average Bonchev–Trinajstić information content (AvgIpc) is 3.06. The third-order valence-electron chi connectivity index (χ3n) is 4.16. The molecule has 1 unspecified atom stereocenters. The maximum atomic E-state index is 5.95. The molecule has 0 spiro atoms. The van der Waals surface area contributed by atoms with E-state index in [1.807, 2.05) is 12.1 Å². The van der Waals surface area contributed by atoms with Crippen molar-refractivity contribution < 1.29 is 0 Å². The SMILES string of the molecule is CN(CCCc1ccccc1)C1=NCC(c2ccc(Cl)cc2)N1. The van der Waals surface area contributed by atoms with Gasteiger partial charge in [0.25, 0.3) is 0 Å². The highest BCUT2D eigenvalue weighted by molar-refractivity contribution is 6.30. The van der Waals surface area contributed by atoms with Crippen LogP contribution in [0.1, 0.15) is 23.6 Å². The second kappa shape index (κ2) is 7.51. The topological polar surface area (TPSA) is 27.6 Å². The van der Waals surface area contributed by atoms with Gasteiger partial charge in [-0.15, -0.1) is 0 Å². The Morgan fingerprint density at radius 2 is 1.87 bits per heavy atom. The van der Waals surface area contributed by atoms with Crippen LogP contribution in [-0.4, -0.2) is 31.0 Å². The molecule has 3 nitrogen and oxygen atoms in total. The van der Waals surface area contributed by atoms with Crippen LogP contribution in [0.4, 0.5) is 0 Å². The van der Waals surface area contributed by atoms with Gasteiger partial charge in [-0.1, -0.05) is 54.1 Å². The van der Waals surface area contributed by atoms with Gasteiger partial charge in [0.15, 0.2) is 5.96 Å². The summed E-state index contributed by atoms with van der Waals surface area (Å²) in [7, 11) is 2.10. The normalized spacial score (nSPS) is 16.8. The molecule has 0 aromatic heterocycles. The number of halogens is 1. The summed E-state index contributed by atoms with van der Waals surface area (Å²) < 4.78 is 0.